The first-order valence-corrected chi connectivity index (χ1v) is 2.27. The molecule has 0 aliphatic heterocycles. The van der Waals surface area contributed by atoms with Gasteiger partial charge in [-0.25, -0.2) is 10.1 Å². The summed E-state index contributed by atoms with van der Waals surface area (Å²) in [6.45, 7) is 4.34. The van der Waals surface area contributed by atoms with Crippen LogP contribution in [0.5, 0.6) is 0 Å². The van der Waals surface area contributed by atoms with Crippen molar-refractivity contribution in [3.8, 4) is 0 Å². The molecule has 52 valence electrons. The fraction of sp³-hybridized carbons (Fsp3) is 0.400. The Labute approximate surface area is 52.6 Å². The van der Waals surface area contributed by atoms with Crippen LogP contribution in [0, 0.1) is 0 Å². The Morgan fingerprint density at radius 1 is 1.78 bits per heavy atom. The van der Waals surface area contributed by atoms with Crippen molar-refractivity contribution >= 4 is 5.97 Å². The SMILES string of the molecule is C=C(C)C(=O)OCOO. The van der Waals surface area contributed by atoms with Crippen molar-refractivity contribution in [3.05, 3.63) is 12.2 Å². The van der Waals surface area contributed by atoms with Gasteiger partial charge in [-0.3, -0.25) is 0 Å². The van der Waals surface area contributed by atoms with Gasteiger partial charge in [0.25, 0.3) is 0 Å². The number of ether oxygens (including phenoxy) is 1. The summed E-state index contributed by atoms with van der Waals surface area (Å²) in [5.41, 5.74) is 0.270. The molecule has 0 amide bonds. The first-order chi connectivity index (χ1) is 4.18. The van der Waals surface area contributed by atoms with E-state index >= 15 is 0 Å². The Bertz CT molecular complexity index is 118. The summed E-state index contributed by atoms with van der Waals surface area (Å²) < 4.78 is 4.24. The molecule has 0 radical (unpaired) electrons. The Hall–Kier alpha value is -0.870. The predicted molar refractivity (Wildman–Crippen MR) is 29.5 cm³/mol. The minimum atomic E-state index is -0.580. The van der Waals surface area contributed by atoms with Gasteiger partial charge in [0.1, 0.15) is 0 Å². The van der Waals surface area contributed by atoms with E-state index in [1.807, 2.05) is 0 Å². The highest BCUT2D eigenvalue weighted by Crippen LogP contribution is 1.90. The van der Waals surface area contributed by atoms with E-state index in [1.165, 1.54) is 6.92 Å². The minimum Gasteiger partial charge on any atom is -0.432 e. The van der Waals surface area contributed by atoms with Crippen molar-refractivity contribution < 1.29 is 19.7 Å². The average molecular weight is 132 g/mol. The molecule has 0 atom stereocenters. The Morgan fingerprint density at radius 2 is 2.33 bits per heavy atom. The van der Waals surface area contributed by atoms with Crippen LogP contribution in [0.2, 0.25) is 0 Å². The lowest BCUT2D eigenvalue weighted by Crippen LogP contribution is -2.06. The summed E-state index contributed by atoms with van der Waals surface area (Å²) in [5, 5.41) is 7.69. The molecule has 0 rings (SSSR count). The van der Waals surface area contributed by atoms with Crippen LogP contribution >= 0.6 is 0 Å². The Kier molecular flexibility index (Phi) is 3.66. The van der Waals surface area contributed by atoms with Gasteiger partial charge in [-0.05, 0) is 6.92 Å². The van der Waals surface area contributed by atoms with Gasteiger partial charge in [0.05, 0.1) is 0 Å². The van der Waals surface area contributed by atoms with E-state index in [2.05, 4.69) is 16.2 Å². The molecule has 0 aromatic heterocycles. The number of carbonyl (C=O) groups is 1. The van der Waals surface area contributed by atoms with Crippen LogP contribution in [0.1, 0.15) is 6.92 Å². The van der Waals surface area contributed by atoms with Crippen molar-refractivity contribution in [3.63, 3.8) is 0 Å². The molecular weight excluding hydrogens is 124 g/mol. The quantitative estimate of drug-likeness (QED) is 0.200. The normalized spacial score (nSPS) is 8.67. The third-order valence-electron chi connectivity index (χ3n) is 0.591. The number of esters is 1. The molecule has 1 N–H and O–H groups in total. The van der Waals surface area contributed by atoms with Crippen LogP contribution in [-0.2, 0) is 14.4 Å². The van der Waals surface area contributed by atoms with Crippen LogP contribution < -0.4 is 0 Å². The van der Waals surface area contributed by atoms with E-state index in [0.717, 1.165) is 0 Å². The van der Waals surface area contributed by atoms with Gasteiger partial charge in [0.15, 0.2) is 0 Å². The molecule has 0 fully saturated rings. The van der Waals surface area contributed by atoms with Gasteiger partial charge in [-0.2, -0.15) is 4.89 Å². The Balaban J connectivity index is 3.39. The number of hydrogen-bond donors (Lipinski definition) is 1. The van der Waals surface area contributed by atoms with Crippen molar-refractivity contribution in [2.24, 2.45) is 0 Å². The van der Waals surface area contributed by atoms with Crippen molar-refractivity contribution in [2.45, 2.75) is 6.92 Å². The standard InChI is InChI=1S/C5H8O4/c1-4(2)5(6)8-3-9-7/h7H,1,3H2,2H3. The summed E-state index contributed by atoms with van der Waals surface area (Å²) in [4.78, 5) is 13.9. The van der Waals surface area contributed by atoms with E-state index in [0.29, 0.717) is 0 Å². The molecule has 0 bridgehead atoms. The molecule has 4 nitrogen and oxygen atoms in total. The second-order valence-electron chi connectivity index (χ2n) is 1.46. The van der Waals surface area contributed by atoms with Crippen LogP contribution in [0.25, 0.3) is 0 Å². The molecule has 0 aromatic carbocycles. The van der Waals surface area contributed by atoms with Crippen molar-refractivity contribution in [1.82, 2.24) is 0 Å². The minimum absolute atomic E-state index is 0.270. The van der Waals surface area contributed by atoms with E-state index in [-0.39, 0.29) is 5.57 Å². The van der Waals surface area contributed by atoms with Gasteiger partial charge in [-0.1, -0.05) is 6.58 Å². The third-order valence-corrected chi connectivity index (χ3v) is 0.591. The predicted octanol–water partition coefficient (Wildman–Crippen LogP) is 0.553. The molecule has 0 aromatic rings. The van der Waals surface area contributed by atoms with Crippen LogP contribution in [0.15, 0.2) is 12.2 Å². The van der Waals surface area contributed by atoms with E-state index in [4.69, 9.17) is 5.26 Å². The second-order valence-corrected chi connectivity index (χ2v) is 1.46. The lowest BCUT2D eigenvalue weighted by atomic mass is 10.4. The molecule has 4 heteroatoms. The van der Waals surface area contributed by atoms with Gasteiger partial charge in [0, 0.05) is 5.57 Å². The molecule has 0 unspecified atom stereocenters. The van der Waals surface area contributed by atoms with Gasteiger partial charge in [-0.15, -0.1) is 0 Å². The smallest absolute Gasteiger partial charge is 0.335 e. The first-order valence-electron chi connectivity index (χ1n) is 2.27. The zero-order valence-electron chi connectivity index (χ0n) is 5.09. The maximum atomic E-state index is 10.4. The zero-order valence-corrected chi connectivity index (χ0v) is 5.09. The lowest BCUT2D eigenvalue weighted by Gasteiger charge is -1.98. The largest absolute Gasteiger partial charge is 0.432 e. The van der Waals surface area contributed by atoms with Gasteiger partial charge in [0.2, 0.25) is 6.79 Å². The molecule has 0 aliphatic carbocycles. The summed E-state index contributed by atoms with van der Waals surface area (Å²) >= 11 is 0. The third kappa shape index (κ3) is 3.69. The number of hydrogen-bond acceptors (Lipinski definition) is 4. The molecule has 9 heavy (non-hydrogen) atoms. The monoisotopic (exact) mass is 132 g/mol. The lowest BCUT2D eigenvalue weighted by molar-refractivity contribution is -0.288. The average Bonchev–Trinajstić information content (AvgIpc) is 1.82. The molecule has 0 saturated heterocycles. The molecule has 0 spiro atoms. The fourth-order valence-electron chi connectivity index (χ4n) is 0.203. The second kappa shape index (κ2) is 4.05. The highest BCUT2D eigenvalue weighted by molar-refractivity contribution is 5.86. The number of rotatable bonds is 3. The van der Waals surface area contributed by atoms with E-state index in [9.17, 15) is 4.79 Å². The summed E-state index contributed by atoms with van der Waals surface area (Å²) in [7, 11) is 0. The summed E-state index contributed by atoms with van der Waals surface area (Å²) in [6.07, 6.45) is 0. The Morgan fingerprint density at radius 3 is 2.67 bits per heavy atom. The van der Waals surface area contributed by atoms with Crippen molar-refractivity contribution in [2.75, 3.05) is 6.79 Å². The zero-order chi connectivity index (χ0) is 7.28. The van der Waals surface area contributed by atoms with E-state index in [1.54, 1.807) is 0 Å². The number of carbonyl (C=O) groups excluding carboxylic acids is 1. The summed E-state index contributed by atoms with van der Waals surface area (Å²) in [5.74, 6) is -0.580. The first kappa shape index (κ1) is 8.13. The maximum absolute atomic E-state index is 10.4. The highest BCUT2D eigenvalue weighted by atomic mass is 17.1. The van der Waals surface area contributed by atoms with Gasteiger partial charge >= 0.3 is 5.97 Å². The highest BCUT2D eigenvalue weighted by Gasteiger charge is 2.00. The maximum Gasteiger partial charge on any atom is 0.335 e. The van der Waals surface area contributed by atoms with Crippen molar-refractivity contribution in [1.29, 1.82) is 0 Å². The van der Waals surface area contributed by atoms with Crippen LogP contribution in [-0.4, -0.2) is 18.0 Å². The van der Waals surface area contributed by atoms with Crippen LogP contribution in [0.3, 0.4) is 0 Å². The molecular formula is C5H8O4. The van der Waals surface area contributed by atoms with Gasteiger partial charge < -0.3 is 4.74 Å². The summed E-state index contributed by atoms with van der Waals surface area (Å²) in [6, 6.07) is 0. The van der Waals surface area contributed by atoms with Crippen LogP contribution in [0.4, 0.5) is 0 Å². The van der Waals surface area contributed by atoms with E-state index < -0.39 is 12.8 Å². The molecule has 0 aliphatic rings. The molecule has 0 saturated carbocycles. The fourth-order valence-corrected chi connectivity index (χ4v) is 0.203. The topological polar surface area (TPSA) is 55.8 Å². The molecule has 0 heterocycles.